The summed E-state index contributed by atoms with van der Waals surface area (Å²) >= 11 is 0. The molecule has 0 bridgehead atoms. The summed E-state index contributed by atoms with van der Waals surface area (Å²) in [5, 5.41) is 35.5. The van der Waals surface area contributed by atoms with Gasteiger partial charge < -0.3 is 29.6 Å². The number of aliphatic hydroxyl groups is 2. The van der Waals surface area contributed by atoms with Crippen molar-refractivity contribution in [1.29, 1.82) is 0 Å². The summed E-state index contributed by atoms with van der Waals surface area (Å²) in [6, 6.07) is 0. The largest absolute Gasteiger partial charge is 2.00 e. The van der Waals surface area contributed by atoms with Crippen LogP contribution >= 0.6 is 0 Å². The molecule has 116 valence electrons. The Hall–Kier alpha value is -1.09. The fraction of sp³-hybridized carbons (Fsp3) is 0.727. The number of carbonyl (C=O) groups excluding carboxylic acids is 1. The molecule has 3 atom stereocenters. The molecular formula is C11H20NO8Zn+3. The van der Waals surface area contributed by atoms with E-state index >= 15 is 0 Å². The van der Waals surface area contributed by atoms with Crippen molar-refractivity contribution in [3.8, 4) is 0 Å². The van der Waals surface area contributed by atoms with Crippen LogP contribution in [0.1, 0.15) is 6.42 Å². The molecule has 4 N–H and O–H groups in total. The zero-order chi connectivity index (χ0) is 16.1. The summed E-state index contributed by atoms with van der Waals surface area (Å²) in [5.74, 6) is -4.36. The zero-order valence-electron chi connectivity index (χ0n) is 12.2. The van der Waals surface area contributed by atoms with E-state index in [9.17, 15) is 19.5 Å². The molecule has 0 heterocycles. The number of esters is 1. The van der Waals surface area contributed by atoms with Crippen molar-refractivity contribution in [3.63, 3.8) is 0 Å². The number of hydrogen-bond donors (Lipinski definition) is 4. The van der Waals surface area contributed by atoms with Gasteiger partial charge in [0.1, 0.15) is 6.54 Å². The second kappa shape index (κ2) is 9.04. The van der Waals surface area contributed by atoms with Gasteiger partial charge in [-0.1, -0.05) is 0 Å². The summed E-state index contributed by atoms with van der Waals surface area (Å²) in [5.41, 5.74) is 0. The molecule has 0 fully saturated rings. The van der Waals surface area contributed by atoms with Crippen molar-refractivity contribution >= 4 is 17.9 Å². The third-order valence-corrected chi connectivity index (χ3v) is 2.23. The topological polar surface area (TPSA) is 141 Å². The van der Waals surface area contributed by atoms with E-state index < -0.39 is 42.6 Å². The second-order valence-corrected chi connectivity index (χ2v) is 5.36. The number of carboxylic acids is 2. The number of nitrogens with zero attached hydrogens (tertiary/aromatic N) is 1. The van der Waals surface area contributed by atoms with Gasteiger partial charge in [0.15, 0.2) is 18.3 Å². The van der Waals surface area contributed by atoms with Crippen molar-refractivity contribution < 1.29 is 63.5 Å². The van der Waals surface area contributed by atoms with Gasteiger partial charge in [0.25, 0.3) is 0 Å². The van der Waals surface area contributed by atoms with E-state index in [0.29, 0.717) is 4.48 Å². The fourth-order valence-electron chi connectivity index (χ4n) is 1.45. The van der Waals surface area contributed by atoms with Crippen LogP contribution in [0, 0.1) is 0 Å². The van der Waals surface area contributed by atoms with Crippen molar-refractivity contribution in [3.05, 3.63) is 0 Å². The van der Waals surface area contributed by atoms with Crippen molar-refractivity contribution in [2.75, 3.05) is 27.7 Å². The predicted molar refractivity (Wildman–Crippen MR) is 64.7 cm³/mol. The summed E-state index contributed by atoms with van der Waals surface area (Å²) in [7, 11) is 5.22. The molecule has 0 amide bonds. The number of quaternary nitrogens is 1. The maximum absolute atomic E-state index is 11.5. The van der Waals surface area contributed by atoms with Crippen LogP contribution < -0.4 is 0 Å². The molecule has 0 aliphatic heterocycles. The molecular weight excluding hydrogens is 340 g/mol. The molecule has 21 heavy (non-hydrogen) atoms. The quantitative estimate of drug-likeness (QED) is 0.219. The molecule has 0 aromatic rings. The molecule has 0 spiro atoms. The van der Waals surface area contributed by atoms with Gasteiger partial charge in [-0.25, -0.2) is 9.59 Å². The van der Waals surface area contributed by atoms with Gasteiger partial charge in [0, 0.05) is 0 Å². The number of aliphatic hydroxyl groups excluding tert-OH is 2. The third-order valence-electron chi connectivity index (χ3n) is 2.23. The average molecular weight is 360 g/mol. The van der Waals surface area contributed by atoms with Crippen molar-refractivity contribution in [2.24, 2.45) is 0 Å². The van der Waals surface area contributed by atoms with Gasteiger partial charge in [0.05, 0.1) is 27.6 Å². The molecule has 0 saturated heterocycles. The Morgan fingerprint density at radius 3 is 1.86 bits per heavy atom. The summed E-state index contributed by atoms with van der Waals surface area (Å²) in [6.45, 7) is 0.147. The number of ether oxygens (including phenoxy) is 1. The summed E-state index contributed by atoms with van der Waals surface area (Å²) in [4.78, 5) is 32.6. The minimum Gasteiger partial charge on any atom is -0.481 e. The van der Waals surface area contributed by atoms with E-state index in [1.165, 1.54) is 0 Å². The molecule has 0 aromatic carbocycles. The average Bonchev–Trinajstić information content (AvgIpc) is 2.23. The summed E-state index contributed by atoms with van der Waals surface area (Å²) in [6.07, 6.45) is -6.12. The first-order valence-corrected chi connectivity index (χ1v) is 5.75. The van der Waals surface area contributed by atoms with Gasteiger partial charge in [-0.3, -0.25) is 4.79 Å². The fourth-order valence-corrected chi connectivity index (χ4v) is 1.45. The van der Waals surface area contributed by atoms with E-state index in [4.69, 9.17) is 20.1 Å². The minimum absolute atomic E-state index is 0. The van der Waals surface area contributed by atoms with Crippen molar-refractivity contribution in [2.45, 2.75) is 24.7 Å². The van der Waals surface area contributed by atoms with Gasteiger partial charge in [-0.15, -0.1) is 0 Å². The Morgan fingerprint density at radius 1 is 1.05 bits per heavy atom. The molecule has 0 aliphatic carbocycles. The first-order valence-electron chi connectivity index (χ1n) is 5.75. The van der Waals surface area contributed by atoms with Crippen LogP contribution in [-0.4, -0.2) is 88.8 Å². The van der Waals surface area contributed by atoms with E-state index in [1.807, 2.05) is 0 Å². The van der Waals surface area contributed by atoms with Gasteiger partial charge >= 0.3 is 37.4 Å². The Bertz CT molecular complexity index is 381. The first kappa shape index (κ1) is 22.2. The maximum Gasteiger partial charge on any atom is 2.00 e. The van der Waals surface area contributed by atoms with Crippen LogP contribution in [0.15, 0.2) is 0 Å². The van der Waals surface area contributed by atoms with E-state index in [0.717, 1.165) is 0 Å². The molecule has 0 saturated carbocycles. The first-order chi connectivity index (χ1) is 8.94. The smallest absolute Gasteiger partial charge is 0.481 e. The molecule has 9 nitrogen and oxygen atoms in total. The third kappa shape index (κ3) is 9.46. The normalized spacial score (nSPS) is 15.3. The Morgan fingerprint density at radius 2 is 1.52 bits per heavy atom. The SMILES string of the molecule is C[N+](C)(C)C[C@@H](CC(=O)O)OC(=O)C(O)C(O)C(=O)O.[Zn+2]. The summed E-state index contributed by atoms with van der Waals surface area (Å²) < 4.78 is 5.06. The number of rotatable bonds is 8. The Kier molecular flexibility index (Phi) is 9.55. The molecule has 0 aliphatic rings. The standard InChI is InChI=1S/C11H19NO8.Zn/c1-12(2,3)5-6(4-7(13)14)20-11(19)9(16)8(15)10(17)18;/h6,8-9,15-16H,4-5H2,1-3H3,(H-,13,14,17,18);/q;+2/p+1/t6-,8?,9?;/m1./s1. The minimum atomic E-state index is -2.32. The predicted octanol–water partition coefficient (Wildman–Crippen LogP) is -2.12. The number of likely N-dealkylation sites (N-methyl/N-ethyl adjacent to an activating group) is 1. The second-order valence-electron chi connectivity index (χ2n) is 5.36. The number of carboxylic acid groups (broad SMARTS) is 2. The van der Waals surface area contributed by atoms with Crippen molar-refractivity contribution in [1.82, 2.24) is 0 Å². The van der Waals surface area contributed by atoms with Crippen LogP contribution in [0.5, 0.6) is 0 Å². The van der Waals surface area contributed by atoms with Crippen LogP contribution in [0.25, 0.3) is 0 Å². The maximum atomic E-state index is 11.5. The zero-order valence-corrected chi connectivity index (χ0v) is 15.2. The Labute approximate surface area is 134 Å². The van der Waals surface area contributed by atoms with E-state index in [1.54, 1.807) is 21.1 Å². The van der Waals surface area contributed by atoms with Crippen LogP contribution in [0.4, 0.5) is 0 Å². The van der Waals surface area contributed by atoms with E-state index in [-0.39, 0.29) is 26.0 Å². The Balaban J connectivity index is 0. The molecule has 0 rings (SSSR count). The van der Waals surface area contributed by atoms with Crippen LogP contribution in [-0.2, 0) is 38.6 Å². The van der Waals surface area contributed by atoms with Gasteiger partial charge in [0.2, 0.25) is 0 Å². The van der Waals surface area contributed by atoms with E-state index in [2.05, 4.69) is 0 Å². The molecule has 10 heteroatoms. The van der Waals surface area contributed by atoms with Crippen LogP contribution in [0.3, 0.4) is 0 Å². The number of carbonyl (C=O) groups is 3. The van der Waals surface area contributed by atoms with Crippen LogP contribution in [0.2, 0.25) is 0 Å². The monoisotopic (exact) mass is 358 g/mol. The van der Waals surface area contributed by atoms with Gasteiger partial charge in [-0.05, 0) is 0 Å². The van der Waals surface area contributed by atoms with Gasteiger partial charge in [-0.2, -0.15) is 0 Å². The molecule has 2 unspecified atom stereocenters. The molecule has 0 radical (unpaired) electrons. The number of hydrogen-bond acceptors (Lipinski definition) is 6. The number of aliphatic carboxylic acids is 2. The molecule has 0 aromatic heterocycles.